The monoisotopic (exact) mass is 550 g/mol. The molecule has 1 atom stereocenters. The van der Waals surface area contributed by atoms with Crippen molar-refractivity contribution in [2.24, 2.45) is 12.0 Å². The Morgan fingerprint density at radius 1 is 1.10 bits per heavy atom. The minimum atomic E-state index is -0.788. The zero-order valence-corrected chi connectivity index (χ0v) is 22.9. The first-order chi connectivity index (χ1) is 19.4. The second kappa shape index (κ2) is 10.0. The van der Waals surface area contributed by atoms with Crippen molar-refractivity contribution in [3.8, 4) is 11.5 Å². The third-order valence-electron chi connectivity index (χ3n) is 7.03. The number of anilines is 1. The normalized spacial score (nSPS) is 15.2. The molecule has 0 fully saturated rings. The van der Waals surface area contributed by atoms with Gasteiger partial charge >= 0.3 is 0 Å². The number of thiazole rings is 1. The van der Waals surface area contributed by atoms with Crippen LogP contribution < -0.4 is 24.9 Å². The molecular formula is C31H26N4O4S. The van der Waals surface area contributed by atoms with Gasteiger partial charge < -0.3 is 19.7 Å². The fourth-order valence-electron chi connectivity index (χ4n) is 5.14. The largest absolute Gasteiger partial charge is 0.504 e. The van der Waals surface area contributed by atoms with Crippen molar-refractivity contribution in [2.45, 2.75) is 13.0 Å². The molecule has 3 heterocycles. The number of aromatic nitrogens is 2. The Kier molecular flexibility index (Phi) is 6.36. The molecule has 2 aromatic heterocycles. The molecule has 8 nitrogen and oxygen atoms in total. The summed E-state index contributed by atoms with van der Waals surface area (Å²) in [4.78, 5) is 33.0. The van der Waals surface area contributed by atoms with Gasteiger partial charge in [0.25, 0.3) is 11.5 Å². The van der Waals surface area contributed by atoms with E-state index in [9.17, 15) is 14.7 Å². The number of nitrogens with zero attached hydrogens (tertiary/aromatic N) is 3. The van der Waals surface area contributed by atoms with Gasteiger partial charge in [-0.15, -0.1) is 0 Å². The van der Waals surface area contributed by atoms with Gasteiger partial charge in [0.05, 0.1) is 29.0 Å². The minimum absolute atomic E-state index is 0.0365. The lowest BCUT2D eigenvalue weighted by Gasteiger charge is -2.25. The summed E-state index contributed by atoms with van der Waals surface area (Å²) in [7, 11) is 3.43. The topological polar surface area (TPSA) is 97.9 Å². The molecule has 0 bridgehead atoms. The number of methoxy groups -OCH3 is 1. The van der Waals surface area contributed by atoms with Gasteiger partial charge in [0.15, 0.2) is 16.3 Å². The molecular weight excluding hydrogens is 524 g/mol. The van der Waals surface area contributed by atoms with Crippen LogP contribution in [0.1, 0.15) is 24.1 Å². The number of ether oxygens (including phenoxy) is 1. The van der Waals surface area contributed by atoms with E-state index in [1.807, 2.05) is 66.4 Å². The van der Waals surface area contributed by atoms with E-state index in [1.165, 1.54) is 24.5 Å². The fourth-order valence-corrected chi connectivity index (χ4v) is 6.18. The Hall–Kier alpha value is -4.89. The molecule has 6 rings (SSSR count). The van der Waals surface area contributed by atoms with Crippen molar-refractivity contribution in [2.75, 3.05) is 12.4 Å². The quantitative estimate of drug-likeness (QED) is 0.345. The smallest absolute Gasteiger partial charge is 0.271 e. The molecule has 1 aliphatic rings. The summed E-state index contributed by atoms with van der Waals surface area (Å²) in [5, 5.41) is 14.2. The van der Waals surface area contributed by atoms with Crippen LogP contribution in [-0.2, 0) is 11.8 Å². The second-order valence-electron chi connectivity index (χ2n) is 9.55. The van der Waals surface area contributed by atoms with Crippen LogP contribution in [0.4, 0.5) is 5.69 Å². The third kappa shape index (κ3) is 4.30. The zero-order valence-electron chi connectivity index (χ0n) is 22.1. The summed E-state index contributed by atoms with van der Waals surface area (Å²) in [6.07, 6.45) is 3.87. The summed E-state index contributed by atoms with van der Waals surface area (Å²) >= 11 is 1.28. The summed E-state index contributed by atoms with van der Waals surface area (Å²) in [5.41, 5.74) is 3.80. The number of amides is 1. The second-order valence-corrected chi connectivity index (χ2v) is 10.6. The lowest BCUT2D eigenvalue weighted by Crippen LogP contribution is -2.40. The lowest BCUT2D eigenvalue weighted by atomic mass is 9.94. The van der Waals surface area contributed by atoms with Gasteiger partial charge in [0.2, 0.25) is 0 Å². The van der Waals surface area contributed by atoms with Gasteiger partial charge in [-0.05, 0) is 48.9 Å². The van der Waals surface area contributed by atoms with Crippen molar-refractivity contribution in [3.05, 3.63) is 121 Å². The number of carbonyl (C=O) groups is 1. The first kappa shape index (κ1) is 25.4. The summed E-state index contributed by atoms with van der Waals surface area (Å²) in [6, 6.07) is 21.2. The van der Waals surface area contributed by atoms with Crippen LogP contribution in [0.15, 0.2) is 100 Å². The molecule has 0 saturated carbocycles. The molecule has 9 heteroatoms. The Labute approximate surface area is 233 Å². The molecule has 1 aliphatic heterocycles. The summed E-state index contributed by atoms with van der Waals surface area (Å²) < 4.78 is 9.44. The number of phenolic OH excluding ortho intramolecular Hbond substituents is 1. The van der Waals surface area contributed by atoms with Crippen LogP contribution >= 0.6 is 11.3 Å². The third-order valence-corrected chi connectivity index (χ3v) is 8.01. The number of phenols is 1. The molecule has 0 saturated heterocycles. The van der Waals surface area contributed by atoms with Crippen LogP contribution in [0.3, 0.4) is 0 Å². The van der Waals surface area contributed by atoms with Crippen LogP contribution in [0.25, 0.3) is 17.0 Å². The first-order valence-electron chi connectivity index (χ1n) is 12.7. The highest BCUT2D eigenvalue weighted by molar-refractivity contribution is 7.07. The molecule has 40 heavy (non-hydrogen) atoms. The Morgan fingerprint density at radius 3 is 2.62 bits per heavy atom. The molecule has 3 aromatic carbocycles. The molecule has 5 aromatic rings. The van der Waals surface area contributed by atoms with Gasteiger partial charge in [-0.25, -0.2) is 4.99 Å². The van der Waals surface area contributed by atoms with E-state index in [-0.39, 0.29) is 23.0 Å². The number of hydrogen-bond donors (Lipinski definition) is 2. The predicted molar refractivity (Wildman–Crippen MR) is 156 cm³/mol. The van der Waals surface area contributed by atoms with E-state index in [0.29, 0.717) is 31.9 Å². The Bertz CT molecular complexity index is 2000. The first-order valence-corrected chi connectivity index (χ1v) is 13.5. The Balaban J connectivity index is 1.55. The lowest BCUT2D eigenvalue weighted by molar-refractivity contribution is -0.113. The molecule has 0 unspecified atom stereocenters. The number of para-hydroxylation sites is 2. The average Bonchev–Trinajstić information content (AvgIpc) is 3.44. The van der Waals surface area contributed by atoms with E-state index in [1.54, 1.807) is 35.8 Å². The number of nitrogens with one attached hydrogen (secondary N) is 1. The van der Waals surface area contributed by atoms with E-state index in [4.69, 9.17) is 9.73 Å². The number of aryl methyl sites for hydroxylation is 1. The number of rotatable bonds is 5. The molecule has 0 spiro atoms. The van der Waals surface area contributed by atoms with Crippen LogP contribution in [0, 0.1) is 0 Å². The standard InChI is InChI=1S/C31H26N4O4S/c1-18-27(29(37)33-21-9-5-4-6-10-21)28(19-13-14-24(36)25(15-19)39-3)35-30(38)26(40-31(35)32-18)16-20-17-34(2)23-12-8-7-11-22(20)23/h4-17,28,36H,1-3H3,(H,33,37)/b26-16-/t28-/m0/s1. The van der Waals surface area contributed by atoms with Crippen molar-refractivity contribution >= 4 is 39.9 Å². The zero-order chi connectivity index (χ0) is 28.0. The van der Waals surface area contributed by atoms with E-state index < -0.39 is 6.04 Å². The highest BCUT2D eigenvalue weighted by Crippen LogP contribution is 2.35. The molecule has 1 amide bonds. The number of hydrogen-bond acceptors (Lipinski definition) is 6. The SMILES string of the molecule is COc1cc([C@H]2C(C(=O)Nc3ccccc3)=C(C)N=c3s/c(=C\c4cn(C)c5ccccc45)c(=O)n32)ccc1O. The van der Waals surface area contributed by atoms with Crippen molar-refractivity contribution in [3.63, 3.8) is 0 Å². The highest BCUT2D eigenvalue weighted by atomic mass is 32.1. The van der Waals surface area contributed by atoms with Crippen molar-refractivity contribution < 1.29 is 14.6 Å². The molecule has 0 aliphatic carbocycles. The minimum Gasteiger partial charge on any atom is -0.504 e. The van der Waals surface area contributed by atoms with E-state index in [2.05, 4.69) is 5.32 Å². The van der Waals surface area contributed by atoms with Crippen LogP contribution in [0.5, 0.6) is 11.5 Å². The van der Waals surface area contributed by atoms with Gasteiger partial charge in [0.1, 0.15) is 0 Å². The fraction of sp³-hybridized carbons (Fsp3) is 0.129. The summed E-state index contributed by atoms with van der Waals surface area (Å²) in [6.45, 7) is 1.77. The van der Waals surface area contributed by atoms with Gasteiger partial charge in [-0.2, -0.15) is 0 Å². The number of benzene rings is 3. The van der Waals surface area contributed by atoms with Crippen LogP contribution in [0.2, 0.25) is 0 Å². The average molecular weight is 551 g/mol. The number of fused-ring (bicyclic) bond motifs is 2. The molecule has 200 valence electrons. The molecule has 2 N–H and O–H groups in total. The van der Waals surface area contributed by atoms with E-state index >= 15 is 0 Å². The number of carbonyl (C=O) groups excluding carboxylic acids is 1. The maximum Gasteiger partial charge on any atom is 0.271 e. The predicted octanol–water partition coefficient (Wildman–Crippen LogP) is 4.08. The number of aromatic hydroxyl groups is 1. The Morgan fingerprint density at radius 2 is 1.85 bits per heavy atom. The summed E-state index contributed by atoms with van der Waals surface area (Å²) in [5.74, 6) is -0.161. The maximum absolute atomic E-state index is 14.0. The van der Waals surface area contributed by atoms with Crippen molar-refractivity contribution in [1.82, 2.24) is 9.13 Å². The highest BCUT2D eigenvalue weighted by Gasteiger charge is 2.33. The maximum atomic E-state index is 14.0. The van der Waals surface area contributed by atoms with Gasteiger partial charge in [-0.1, -0.05) is 53.8 Å². The van der Waals surface area contributed by atoms with Crippen LogP contribution in [-0.4, -0.2) is 27.3 Å². The molecule has 0 radical (unpaired) electrons. The van der Waals surface area contributed by atoms with Gasteiger partial charge in [-0.3, -0.25) is 14.2 Å². The van der Waals surface area contributed by atoms with Crippen molar-refractivity contribution in [1.29, 1.82) is 0 Å². The van der Waals surface area contributed by atoms with Gasteiger partial charge in [0, 0.05) is 35.4 Å². The van der Waals surface area contributed by atoms with E-state index in [0.717, 1.165) is 16.5 Å². The number of allylic oxidation sites excluding steroid dienone is 1.